The van der Waals surface area contributed by atoms with Crippen LogP contribution in [-0.2, 0) is 6.54 Å². The van der Waals surface area contributed by atoms with Crippen LogP contribution in [-0.4, -0.2) is 42.8 Å². The molecule has 1 aromatic heterocycles. The molecule has 0 saturated carbocycles. The van der Waals surface area contributed by atoms with Gasteiger partial charge in [-0.1, -0.05) is 35.5 Å². The fourth-order valence-electron chi connectivity index (χ4n) is 1.79. The van der Waals surface area contributed by atoms with Crippen molar-refractivity contribution in [3.63, 3.8) is 0 Å². The Morgan fingerprint density at radius 3 is 2.68 bits per heavy atom. The van der Waals surface area contributed by atoms with E-state index < -0.39 is 0 Å². The maximum atomic E-state index is 11.7. The number of amides is 2. The van der Waals surface area contributed by atoms with Gasteiger partial charge in [-0.15, -0.1) is 0 Å². The first-order valence-electron chi connectivity index (χ1n) is 7.25. The van der Waals surface area contributed by atoms with E-state index in [1.165, 1.54) is 0 Å². The Bertz CT molecular complexity index is 595. The van der Waals surface area contributed by atoms with Crippen LogP contribution in [0.15, 0.2) is 40.9 Å². The molecule has 1 heterocycles. The molecule has 118 valence electrons. The summed E-state index contributed by atoms with van der Waals surface area (Å²) in [5.74, 6) is 0.620. The molecule has 1 aromatic carbocycles. The van der Waals surface area contributed by atoms with Crippen molar-refractivity contribution in [2.75, 3.05) is 20.6 Å². The average molecular weight is 302 g/mol. The molecule has 0 fully saturated rings. The average Bonchev–Trinajstić information content (AvgIpc) is 3.00. The van der Waals surface area contributed by atoms with E-state index in [1.807, 2.05) is 62.3 Å². The Hall–Kier alpha value is -2.34. The van der Waals surface area contributed by atoms with Gasteiger partial charge in [0, 0.05) is 24.2 Å². The lowest BCUT2D eigenvalue weighted by atomic mass is 10.1. The predicted octanol–water partition coefficient (Wildman–Crippen LogP) is 2.09. The molecule has 2 N–H and O–H groups in total. The van der Waals surface area contributed by atoms with Gasteiger partial charge in [0.2, 0.25) is 0 Å². The van der Waals surface area contributed by atoms with E-state index in [0.29, 0.717) is 18.8 Å². The van der Waals surface area contributed by atoms with Crippen LogP contribution in [0.1, 0.15) is 12.7 Å². The van der Waals surface area contributed by atoms with Crippen molar-refractivity contribution in [1.29, 1.82) is 0 Å². The maximum Gasteiger partial charge on any atom is 0.315 e. The second-order valence-electron chi connectivity index (χ2n) is 5.42. The Labute approximate surface area is 130 Å². The van der Waals surface area contributed by atoms with Crippen molar-refractivity contribution in [2.45, 2.75) is 19.5 Å². The summed E-state index contributed by atoms with van der Waals surface area (Å²) in [5.41, 5.74) is 1.75. The quantitative estimate of drug-likeness (QED) is 0.857. The zero-order valence-electron chi connectivity index (χ0n) is 13.2. The SMILES string of the molecule is C[C@@H](CNC(=O)NCc1cc(-c2ccccc2)no1)N(C)C. The van der Waals surface area contributed by atoms with E-state index in [9.17, 15) is 4.79 Å². The van der Waals surface area contributed by atoms with E-state index in [2.05, 4.69) is 15.8 Å². The van der Waals surface area contributed by atoms with E-state index in [-0.39, 0.29) is 12.1 Å². The highest BCUT2D eigenvalue weighted by Crippen LogP contribution is 2.18. The van der Waals surface area contributed by atoms with Crippen LogP contribution in [0, 0.1) is 0 Å². The molecule has 0 spiro atoms. The summed E-state index contributed by atoms with van der Waals surface area (Å²) in [6.45, 7) is 2.94. The summed E-state index contributed by atoms with van der Waals surface area (Å²) < 4.78 is 5.23. The Balaban J connectivity index is 1.80. The minimum atomic E-state index is -0.216. The van der Waals surface area contributed by atoms with Crippen LogP contribution in [0.5, 0.6) is 0 Å². The fourth-order valence-corrected chi connectivity index (χ4v) is 1.79. The van der Waals surface area contributed by atoms with Gasteiger partial charge in [-0.25, -0.2) is 4.79 Å². The van der Waals surface area contributed by atoms with E-state index in [4.69, 9.17) is 4.52 Å². The minimum absolute atomic E-state index is 0.216. The van der Waals surface area contributed by atoms with Gasteiger partial charge in [-0.2, -0.15) is 0 Å². The standard InChI is InChI=1S/C16H22N4O2/c1-12(20(2)3)10-17-16(21)18-11-14-9-15(19-22-14)13-7-5-4-6-8-13/h4-9,12H,10-11H2,1-3H3,(H2,17,18,21)/t12-/m0/s1. The molecule has 6 heteroatoms. The number of carbonyl (C=O) groups excluding carboxylic acids is 1. The van der Waals surface area contributed by atoms with E-state index in [0.717, 1.165) is 11.3 Å². The molecule has 0 radical (unpaired) electrons. The van der Waals surface area contributed by atoms with Gasteiger partial charge in [0.05, 0.1) is 6.54 Å². The normalized spacial score (nSPS) is 12.2. The van der Waals surface area contributed by atoms with Gasteiger partial charge in [-0.3, -0.25) is 0 Å². The van der Waals surface area contributed by atoms with Crippen molar-refractivity contribution < 1.29 is 9.32 Å². The second-order valence-corrected chi connectivity index (χ2v) is 5.42. The van der Waals surface area contributed by atoms with Gasteiger partial charge in [0.1, 0.15) is 5.69 Å². The monoisotopic (exact) mass is 302 g/mol. The Morgan fingerprint density at radius 2 is 2.00 bits per heavy atom. The van der Waals surface area contributed by atoms with Crippen molar-refractivity contribution >= 4 is 6.03 Å². The summed E-state index contributed by atoms with van der Waals surface area (Å²) in [4.78, 5) is 13.8. The van der Waals surface area contributed by atoms with Crippen LogP contribution in [0.4, 0.5) is 4.79 Å². The smallest absolute Gasteiger partial charge is 0.315 e. The largest absolute Gasteiger partial charge is 0.359 e. The lowest BCUT2D eigenvalue weighted by molar-refractivity contribution is 0.232. The summed E-state index contributed by atoms with van der Waals surface area (Å²) in [6.07, 6.45) is 0. The van der Waals surface area contributed by atoms with Crippen molar-refractivity contribution in [3.8, 4) is 11.3 Å². The first kappa shape index (κ1) is 16.0. The number of aromatic nitrogens is 1. The molecular formula is C16H22N4O2. The predicted molar refractivity (Wildman–Crippen MR) is 85.3 cm³/mol. The maximum absolute atomic E-state index is 11.7. The van der Waals surface area contributed by atoms with Crippen molar-refractivity contribution in [3.05, 3.63) is 42.2 Å². The topological polar surface area (TPSA) is 70.4 Å². The lowest BCUT2D eigenvalue weighted by Gasteiger charge is -2.19. The first-order valence-corrected chi connectivity index (χ1v) is 7.25. The molecule has 0 bridgehead atoms. The van der Waals surface area contributed by atoms with Gasteiger partial charge < -0.3 is 20.1 Å². The zero-order valence-corrected chi connectivity index (χ0v) is 13.2. The molecule has 0 aliphatic rings. The number of nitrogens with one attached hydrogen (secondary N) is 2. The fraction of sp³-hybridized carbons (Fsp3) is 0.375. The number of likely N-dealkylation sites (N-methyl/N-ethyl adjacent to an activating group) is 1. The molecule has 0 aliphatic carbocycles. The van der Waals surface area contributed by atoms with Gasteiger partial charge in [-0.05, 0) is 21.0 Å². The Kier molecular flexibility index (Phi) is 5.55. The molecule has 0 aliphatic heterocycles. The zero-order chi connectivity index (χ0) is 15.9. The third kappa shape index (κ3) is 4.60. The van der Waals surface area contributed by atoms with Gasteiger partial charge in [0.15, 0.2) is 5.76 Å². The molecular weight excluding hydrogens is 280 g/mol. The van der Waals surface area contributed by atoms with Gasteiger partial charge >= 0.3 is 6.03 Å². The molecule has 1 atom stereocenters. The van der Waals surface area contributed by atoms with E-state index >= 15 is 0 Å². The second kappa shape index (κ2) is 7.61. The molecule has 2 rings (SSSR count). The van der Waals surface area contributed by atoms with Crippen molar-refractivity contribution in [2.24, 2.45) is 0 Å². The van der Waals surface area contributed by atoms with E-state index in [1.54, 1.807) is 0 Å². The number of hydrogen-bond acceptors (Lipinski definition) is 4. The molecule has 0 unspecified atom stereocenters. The number of nitrogens with zero attached hydrogens (tertiary/aromatic N) is 2. The number of rotatable bonds is 6. The highest BCUT2D eigenvalue weighted by atomic mass is 16.5. The van der Waals surface area contributed by atoms with Crippen molar-refractivity contribution in [1.82, 2.24) is 20.7 Å². The number of benzene rings is 1. The third-order valence-electron chi connectivity index (χ3n) is 3.49. The molecule has 22 heavy (non-hydrogen) atoms. The molecule has 2 amide bonds. The highest BCUT2D eigenvalue weighted by Gasteiger charge is 2.09. The number of urea groups is 1. The van der Waals surface area contributed by atoms with Crippen LogP contribution in [0.25, 0.3) is 11.3 Å². The van der Waals surface area contributed by atoms with Crippen LogP contribution >= 0.6 is 0 Å². The highest BCUT2D eigenvalue weighted by molar-refractivity contribution is 5.73. The summed E-state index contributed by atoms with van der Waals surface area (Å²) in [5, 5.41) is 9.58. The molecule has 2 aromatic rings. The summed E-state index contributed by atoms with van der Waals surface area (Å²) >= 11 is 0. The molecule has 0 saturated heterocycles. The van der Waals surface area contributed by atoms with Crippen LogP contribution in [0.3, 0.4) is 0 Å². The Morgan fingerprint density at radius 1 is 1.27 bits per heavy atom. The molecule has 6 nitrogen and oxygen atoms in total. The summed E-state index contributed by atoms with van der Waals surface area (Å²) in [6, 6.07) is 11.7. The summed E-state index contributed by atoms with van der Waals surface area (Å²) in [7, 11) is 3.95. The lowest BCUT2D eigenvalue weighted by Crippen LogP contribution is -2.42. The minimum Gasteiger partial charge on any atom is -0.359 e. The van der Waals surface area contributed by atoms with Crippen LogP contribution in [0.2, 0.25) is 0 Å². The first-order chi connectivity index (χ1) is 10.6. The van der Waals surface area contributed by atoms with Gasteiger partial charge in [0.25, 0.3) is 0 Å². The number of hydrogen-bond donors (Lipinski definition) is 2. The third-order valence-corrected chi connectivity index (χ3v) is 3.49. The number of carbonyl (C=O) groups is 1. The van der Waals surface area contributed by atoms with Crippen LogP contribution < -0.4 is 10.6 Å².